The highest BCUT2D eigenvalue weighted by atomic mass is 19.1. The molecule has 0 saturated carbocycles. The fourth-order valence-corrected chi connectivity index (χ4v) is 3.14. The van der Waals surface area contributed by atoms with E-state index in [1.165, 1.54) is 0 Å². The molecule has 0 bridgehead atoms. The molecule has 0 saturated heterocycles. The first-order valence-corrected chi connectivity index (χ1v) is 8.78. The third kappa shape index (κ3) is 4.18. The first kappa shape index (κ1) is 18.3. The maximum atomic E-state index is 14.7. The summed E-state index contributed by atoms with van der Waals surface area (Å²) in [5.41, 5.74) is 6.16. The zero-order valence-corrected chi connectivity index (χ0v) is 14.9. The van der Waals surface area contributed by atoms with Crippen LogP contribution in [0, 0.1) is 12.7 Å². The molecule has 2 N–H and O–H groups in total. The summed E-state index contributed by atoms with van der Waals surface area (Å²) in [5, 5.41) is 18.7. The van der Waals surface area contributed by atoms with Crippen molar-refractivity contribution in [3.63, 3.8) is 0 Å². The quantitative estimate of drug-likeness (QED) is 0.812. The smallest absolute Gasteiger partial charge is 0.131 e. The molecule has 1 aliphatic carbocycles. The molecule has 0 radical (unpaired) electrons. The van der Waals surface area contributed by atoms with E-state index in [4.69, 9.17) is 5.11 Å². The van der Waals surface area contributed by atoms with Crippen molar-refractivity contribution in [3.05, 3.63) is 88.8 Å². The van der Waals surface area contributed by atoms with E-state index in [-0.39, 0.29) is 19.0 Å². The lowest BCUT2D eigenvalue weighted by Crippen LogP contribution is -1.95. The number of allylic oxidation sites excluding steroid dienone is 4. The summed E-state index contributed by atoms with van der Waals surface area (Å²) >= 11 is 0. The molecule has 3 rings (SSSR count). The van der Waals surface area contributed by atoms with Crippen molar-refractivity contribution in [1.29, 1.82) is 0 Å². The van der Waals surface area contributed by atoms with Gasteiger partial charge >= 0.3 is 0 Å². The minimum absolute atomic E-state index is 0.0515. The molecule has 3 heteroatoms. The van der Waals surface area contributed by atoms with Gasteiger partial charge in [-0.15, -0.1) is 0 Å². The fraction of sp³-hybridized carbons (Fsp3) is 0.217. The molecule has 2 aromatic carbocycles. The van der Waals surface area contributed by atoms with Crippen molar-refractivity contribution in [2.24, 2.45) is 0 Å². The molecule has 0 aromatic heterocycles. The molecule has 1 aliphatic rings. The number of aliphatic hydroxyl groups excluding tert-OH is 2. The molecular formula is C23H23FO2. The summed E-state index contributed by atoms with van der Waals surface area (Å²) in [4.78, 5) is 0. The van der Waals surface area contributed by atoms with Gasteiger partial charge in [0, 0.05) is 12.2 Å². The molecule has 134 valence electrons. The SMILES string of the molecule is Cc1ccc(-c2ccc(C3=CC=C(CCO)C=C(CO)C3)cc2F)cc1. The minimum atomic E-state index is -0.259. The second kappa shape index (κ2) is 8.26. The molecule has 26 heavy (non-hydrogen) atoms. The van der Waals surface area contributed by atoms with E-state index in [0.29, 0.717) is 18.4 Å². The van der Waals surface area contributed by atoms with Crippen LogP contribution in [0.2, 0.25) is 0 Å². The van der Waals surface area contributed by atoms with Crippen LogP contribution < -0.4 is 0 Å². The van der Waals surface area contributed by atoms with Crippen molar-refractivity contribution < 1.29 is 14.6 Å². The lowest BCUT2D eigenvalue weighted by atomic mass is 9.95. The van der Waals surface area contributed by atoms with E-state index in [2.05, 4.69) is 0 Å². The zero-order chi connectivity index (χ0) is 18.5. The zero-order valence-electron chi connectivity index (χ0n) is 14.9. The fourth-order valence-electron chi connectivity index (χ4n) is 3.14. The van der Waals surface area contributed by atoms with Gasteiger partial charge < -0.3 is 10.2 Å². The molecule has 2 nitrogen and oxygen atoms in total. The Bertz CT molecular complexity index is 874. The minimum Gasteiger partial charge on any atom is -0.396 e. The van der Waals surface area contributed by atoms with Gasteiger partial charge in [-0.05, 0) is 53.7 Å². The first-order chi connectivity index (χ1) is 12.6. The van der Waals surface area contributed by atoms with E-state index in [1.807, 2.05) is 61.5 Å². The second-order valence-electron chi connectivity index (χ2n) is 6.61. The van der Waals surface area contributed by atoms with Gasteiger partial charge in [0.2, 0.25) is 0 Å². The van der Waals surface area contributed by atoms with Crippen molar-refractivity contribution >= 4 is 5.57 Å². The van der Waals surface area contributed by atoms with Crippen LogP contribution in [-0.4, -0.2) is 23.4 Å². The van der Waals surface area contributed by atoms with Gasteiger partial charge in [-0.25, -0.2) is 4.39 Å². The van der Waals surface area contributed by atoms with Crippen LogP contribution in [0.5, 0.6) is 0 Å². The van der Waals surface area contributed by atoms with Crippen LogP contribution in [0.4, 0.5) is 4.39 Å². The number of aliphatic hydroxyl groups is 2. The second-order valence-corrected chi connectivity index (χ2v) is 6.61. The molecule has 0 atom stereocenters. The standard InChI is InChI=1S/C23H23FO2/c1-16-2-5-19(6-3-16)22-9-8-21(14-23(22)24)20-7-4-17(10-11-25)12-18(13-20)15-26/h2-9,12,14,25-26H,10-11,13,15H2,1H3. The van der Waals surface area contributed by atoms with Crippen LogP contribution in [0.3, 0.4) is 0 Å². The summed E-state index contributed by atoms with van der Waals surface area (Å²) < 4.78 is 14.7. The number of aryl methyl sites for hydroxylation is 1. The predicted octanol–water partition coefficient (Wildman–Crippen LogP) is 4.82. The number of halogens is 1. The van der Waals surface area contributed by atoms with E-state index in [0.717, 1.165) is 33.4 Å². The maximum absolute atomic E-state index is 14.7. The lowest BCUT2D eigenvalue weighted by molar-refractivity contribution is 0.300. The van der Waals surface area contributed by atoms with Crippen LogP contribution in [0.1, 0.15) is 24.0 Å². The third-order valence-electron chi connectivity index (χ3n) is 4.61. The Balaban J connectivity index is 1.93. The van der Waals surface area contributed by atoms with Crippen LogP contribution >= 0.6 is 0 Å². The van der Waals surface area contributed by atoms with Crippen LogP contribution in [0.15, 0.2) is 71.8 Å². The van der Waals surface area contributed by atoms with Crippen molar-refractivity contribution in [3.8, 4) is 11.1 Å². The number of rotatable bonds is 5. The van der Waals surface area contributed by atoms with E-state index in [9.17, 15) is 9.50 Å². The normalized spacial score (nSPS) is 14.4. The van der Waals surface area contributed by atoms with Crippen LogP contribution in [-0.2, 0) is 0 Å². The Morgan fingerprint density at radius 2 is 1.69 bits per heavy atom. The Kier molecular flexibility index (Phi) is 5.82. The average Bonchev–Trinajstić information content (AvgIpc) is 2.85. The third-order valence-corrected chi connectivity index (χ3v) is 4.61. The Labute approximate surface area is 153 Å². The Morgan fingerprint density at radius 1 is 0.962 bits per heavy atom. The maximum Gasteiger partial charge on any atom is 0.131 e. The molecule has 2 aromatic rings. The molecule has 0 fully saturated rings. The molecular weight excluding hydrogens is 327 g/mol. The summed E-state index contributed by atoms with van der Waals surface area (Å²) in [6, 6.07) is 13.1. The number of benzene rings is 2. The van der Waals surface area contributed by atoms with Gasteiger partial charge in [-0.3, -0.25) is 0 Å². The summed E-state index contributed by atoms with van der Waals surface area (Å²) in [5.74, 6) is -0.259. The molecule has 0 heterocycles. The highest BCUT2D eigenvalue weighted by Crippen LogP contribution is 2.31. The first-order valence-electron chi connectivity index (χ1n) is 8.78. The summed E-state index contributed by atoms with van der Waals surface area (Å²) in [6.45, 7) is 2.01. The average molecular weight is 350 g/mol. The lowest BCUT2D eigenvalue weighted by Gasteiger charge is -2.11. The Morgan fingerprint density at radius 3 is 2.35 bits per heavy atom. The largest absolute Gasteiger partial charge is 0.396 e. The van der Waals surface area contributed by atoms with Crippen molar-refractivity contribution in [2.75, 3.05) is 13.2 Å². The van der Waals surface area contributed by atoms with Gasteiger partial charge in [-0.1, -0.05) is 60.2 Å². The molecule has 0 spiro atoms. The summed E-state index contributed by atoms with van der Waals surface area (Å²) in [6.07, 6.45) is 6.89. The van der Waals surface area contributed by atoms with Crippen molar-refractivity contribution in [2.45, 2.75) is 19.8 Å². The van der Waals surface area contributed by atoms with E-state index >= 15 is 0 Å². The van der Waals surface area contributed by atoms with Gasteiger partial charge in [0.1, 0.15) is 5.82 Å². The number of hydrogen-bond donors (Lipinski definition) is 2. The monoisotopic (exact) mass is 350 g/mol. The topological polar surface area (TPSA) is 40.5 Å². The summed E-state index contributed by atoms with van der Waals surface area (Å²) in [7, 11) is 0. The predicted molar refractivity (Wildman–Crippen MR) is 104 cm³/mol. The van der Waals surface area contributed by atoms with Crippen LogP contribution in [0.25, 0.3) is 16.7 Å². The molecule has 0 amide bonds. The number of hydrogen-bond acceptors (Lipinski definition) is 2. The van der Waals surface area contributed by atoms with Gasteiger partial charge in [0.25, 0.3) is 0 Å². The van der Waals surface area contributed by atoms with E-state index < -0.39 is 0 Å². The van der Waals surface area contributed by atoms with E-state index in [1.54, 1.807) is 6.07 Å². The molecule has 0 aliphatic heterocycles. The molecule has 0 unspecified atom stereocenters. The highest BCUT2D eigenvalue weighted by Gasteiger charge is 2.12. The van der Waals surface area contributed by atoms with Gasteiger partial charge in [0.05, 0.1) is 6.61 Å². The highest BCUT2D eigenvalue weighted by molar-refractivity contribution is 5.74. The van der Waals surface area contributed by atoms with Gasteiger partial charge in [-0.2, -0.15) is 0 Å². The van der Waals surface area contributed by atoms with Gasteiger partial charge in [0.15, 0.2) is 0 Å². The van der Waals surface area contributed by atoms with Crippen molar-refractivity contribution in [1.82, 2.24) is 0 Å². The Hall–Kier alpha value is -2.49.